The van der Waals surface area contributed by atoms with E-state index in [1.165, 1.54) is 11.8 Å². The third-order valence-electron chi connectivity index (χ3n) is 3.80. The van der Waals surface area contributed by atoms with E-state index in [0.29, 0.717) is 29.1 Å². The number of rotatable bonds is 9. The van der Waals surface area contributed by atoms with Gasteiger partial charge in [0.15, 0.2) is 17.3 Å². The summed E-state index contributed by atoms with van der Waals surface area (Å²) in [6.07, 6.45) is 3.64. The van der Waals surface area contributed by atoms with Crippen LogP contribution in [0.2, 0.25) is 0 Å². The molecule has 3 rings (SSSR count). The Hall–Kier alpha value is -3.00. The molecule has 3 aromatic rings. The van der Waals surface area contributed by atoms with Crippen molar-refractivity contribution in [1.82, 2.24) is 14.9 Å². The third-order valence-corrected chi connectivity index (χ3v) is 4.42. The van der Waals surface area contributed by atoms with Crippen LogP contribution in [-0.4, -0.2) is 41.1 Å². The van der Waals surface area contributed by atoms with Crippen molar-refractivity contribution in [2.24, 2.45) is 5.10 Å². The number of benzene rings is 2. The van der Waals surface area contributed by atoms with Gasteiger partial charge >= 0.3 is 0 Å². The lowest BCUT2D eigenvalue weighted by Gasteiger charge is -2.11. The summed E-state index contributed by atoms with van der Waals surface area (Å²) in [6.45, 7) is 2.71. The quantitative estimate of drug-likeness (QED) is 0.403. The van der Waals surface area contributed by atoms with Crippen molar-refractivity contribution in [1.29, 1.82) is 0 Å². The third kappa shape index (κ3) is 4.64. The fraction of sp³-hybridized carbons (Fsp3) is 0.250. The fourth-order valence-electron chi connectivity index (χ4n) is 2.51. The molecule has 146 valence electrons. The summed E-state index contributed by atoms with van der Waals surface area (Å²) in [5.74, 6) is 2.67. The summed E-state index contributed by atoms with van der Waals surface area (Å²) in [5.41, 5.74) is 0.803. The van der Waals surface area contributed by atoms with Crippen molar-refractivity contribution in [3.63, 3.8) is 0 Å². The first kappa shape index (κ1) is 19.8. The van der Waals surface area contributed by atoms with Crippen LogP contribution in [0.15, 0.2) is 58.8 Å². The fourth-order valence-corrected chi connectivity index (χ4v) is 2.96. The molecular weight excluding hydrogens is 376 g/mol. The first-order valence-corrected chi connectivity index (χ1v) is 9.99. The number of aromatic nitrogens is 3. The minimum absolute atomic E-state index is 0.255. The summed E-state index contributed by atoms with van der Waals surface area (Å²) >= 11 is 1.46. The molecule has 0 aliphatic heterocycles. The number of thioether (sulfide) groups is 1. The summed E-state index contributed by atoms with van der Waals surface area (Å²) < 4.78 is 18.6. The maximum Gasteiger partial charge on any atom is 0.211 e. The van der Waals surface area contributed by atoms with Gasteiger partial charge in [-0.1, -0.05) is 36.0 Å². The molecule has 0 atom stereocenters. The van der Waals surface area contributed by atoms with Gasteiger partial charge in [-0.2, -0.15) is 9.78 Å². The van der Waals surface area contributed by atoms with Crippen molar-refractivity contribution in [2.45, 2.75) is 18.7 Å². The van der Waals surface area contributed by atoms with Gasteiger partial charge in [-0.3, -0.25) is 0 Å². The van der Waals surface area contributed by atoms with Crippen LogP contribution >= 0.6 is 11.8 Å². The zero-order valence-corrected chi connectivity index (χ0v) is 16.8. The Morgan fingerprint density at radius 1 is 1.07 bits per heavy atom. The van der Waals surface area contributed by atoms with E-state index in [9.17, 15) is 0 Å². The molecule has 0 aliphatic carbocycles. The Labute approximate surface area is 168 Å². The van der Waals surface area contributed by atoms with Gasteiger partial charge in [0, 0.05) is 5.56 Å². The van der Waals surface area contributed by atoms with E-state index in [2.05, 4.69) is 15.3 Å². The van der Waals surface area contributed by atoms with Crippen molar-refractivity contribution < 1.29 is 14.2 Å². The largest absolute Gasteiger partial charge is 0.493 e. The highest BCUT2D eigenvalue weighted by atomic mass is 32.2. The van der Waals surface area contributed by atoms with Crippen LogP contribution in [0.4, 0.5) is 0 Å². The Bertz CT molecular complexity index is 928. The molecule has 0 spiro atoms. The lowest BCUT2D eigenvalue weighted by atomic mass is 10.2. The molecule has 0 N–H and O–H groups in total. The Morgan fingerprint density at radius 3 is 2.61 bits per heavy atom. The molecule has 0 saturated carbocycles. The molecule has 0 saturated heterocycles. The molecule has 7 nitrogen and oxygen atoms in total. The van der Waals surface area contributed by atoms with Gasteiger partial charge in [0.2, 0.25) is 5.16 Å². The number of nitrogens with zero attached hydrogens (tertiary/aromatic N) is 4. The highest BCUT2D eigenvalue weighted by molar-refractivity contribution is 7.98. The lowest BCUT2D eigenvalue weighted by Crippen LogP contribution is -2.05. The summed E-state index contributed by atoms with van der Waals surface area (Å²) in [7, 11) is 1.61. The number of ether oxygens (including phenoxy) is 3. The number of hydrogen-bond donors (Lipinski definition) is 0. The van der Waals surface area contributed by atoms with E-state index in [-0.39, 0.29) is 6.61 Å². The van der Waals surface area contributed by atoms with Gasteiger partial charge < -0.3 is 14.2 Å². The average Bonchev–Trinajstić information content (AvgIpc) is 3.14. The van der Waals surface area contributed by atoms with Crippen LogP contribution in [0.3, 0.4) is 0 Å². The van der Waals surface area contributed by atoms with E-state index < -0.39 is 0 Å². The molecule has 0 fully saturated rings. The Kier molecular flexibility index (Phi) is 6.91. The van der Waals surface area contributed by atoms with Crippen molar-refractivity contribution >= 4 is 18.0 Å². The molecule has 8 heteroatoms. The van der Waals surface area contributed by atoms with Crippen LogP contribution in [0.25, 0.3) is 0 Å². The molecule has 0 amide bonds. The van der Waals surface area contributed by atoms with Gasteiger partial charge in [0.05, 0.1) is 19.9 Å². The number of hydrogen-bond acceptors (Lipinski definition) is 7. The molecule has 28 heavy (non-hydrogen) atoms. The maximum atomic E-state index is 5.79. The van der Waals surface area contributed by atoms with Crippen molar-refractivity contribution in [2.75, 3.05) is 20.0 Å². The van der Waals surface area contributed by atoms with Gasteiger partial charge in [0.1, 0.15) is 12.4 Å². The molecule has 1 heterocycles. The van der Waals surface area contributed by atoms with Crippen LogP contribution < -0.4 is 14.2 Å². The SMILES string of the molecule is CCOc1c(/C=N\n2c(COc3ccccc3)nnc2SC)cccc1OC. The van der Waals surface area contributed by atoms with Crippen molar-refractivity contribution in [3.05, 3.63) is 59.9 Å². The van der Waals surface area contributed by atoms with Crippen LogP contribution in [0.1, 0.15) is 18.3 Å². The molecule has 1 aromatic heterocycles. The highest BCUT2D eigenvalue weighted by Gasteiger charge is 2.13. The van der Waals surface area contributed by atoms with Crippen LogP contribution in [0, 0.1) is 0 Å². The molecule has 0 radical (unpaired) electrons. The van der Waals surface area contributed by atoms with E-state index in [1.54, 1.807) is 18.0 Å². The summed E-state index contributed by atoms with van der Waals surface area (Å²) in [5, 5.41) is 13.6. The highest BCUT2D eigenvalue weighted by Crippen LogP contribution is 2.30. The predicted molar refractivity (Wildman–Crippen MR) is 110 cm³/mol. The molecule has 2 aromatic carbocycles. The normalized spacial score (nSPS) is 11.0. The summed E-state index contributed by atoms with van der Waals surface area (Å²) in [4.78, 5) is 0. The van der Waals surface area contributed by atoms with E-state index >= 15 is 0 Å². The van der Waals surface area contributed by atoms with E-state index in [4.69, 9.17) is 14.2 Å². The van der Waals surface area contributed by atoms with Gasteiger partial charge in [-0.05, 0) is 37.4 Å². The van der Waals surface area contributed by atoms with Gasteiger partial charge in [-0.25, -0.2) is 0 Å². The Morgan fingerprint density at radius 2 is 1.89 bits per heavy atom. The van der Waals surface area contributed by atoms with Crippen LogP contribution in [-0.2, 0) is 6.61 Å². The average molecular weight is 398 g/mol. The lowest BCUT2D eigenvalue weighted by molar-refractivity contribution is 0.290. The second-order valence-electron chi connectivity index (χ2n) is 5.57. The first-order valence-electron chi connectivity index (χ1n) is 8.77. The molecular formula is C20H22N4O3S. The zero-order chi connectivity index (χ0) is 19.8. The number of methoxy groups -OCH3 is 1. The minimum atomic E-state index is 0.255. The molecule has 0 bridgehead atoms. The zero-order valence-electron chi connectivity index (χ0n) is 16.0. The van der Waals surface area contributed by atoms with E-state index in [1.807, 2.05) is 61.7 Å². The van der Waals surface area contributed by atoms with Gasteiger partial charge in [-0.15, -0.1) is 10.2 Å². The monoisotopic (exact) mass is 398 g/mol. The standard InChI is InChI=1S/C20H22N4O3S/c1-4-26-19-15(9-8-12-17(19)25-2)13-21-24-18(22-23-20(24)28-3)14-27-16-10-6-5-7-11-16/h5-13H,4,14H2,1-3H3/b21-13-. The minimum Gasteiger partial charge on any atom is -0.493 e. The van der Waals surface area contributed by atoms with Crippen LogP contribution in [0.5, 0.6) is 17.2 Å². The smallest absolute Gasteiger partial charge is 0.211 e. The first-order chi connectivity index (χ1) is 13.8. The second-order valence-corrected chi connectivity index (χ2v) is 6.35. The maximum absolute atomic E-state index is 5.79. The van der Waals surface area contributed by atoms with Gasteiger partial charge in [0.25, 0.3) is 0 Å². The molecule has 0 unspecified atom stereocenters. The second kappa shape index (κ2) is 9.80. The Balaban J connectivity index is 1.86. The van der Waals surface area contributed by atoms with E-state index in [0.717, 1.165) is 11.3 Å². The molecule has 0 aliphatic rings. The summed E-state index contributed by atoms with van der Waals surface area (Å²) in [6, 6.07) is 15.2. The van der Waals surface area contributed by atoms with Crippen molar-refractivity contribution in [3.8, 4) is 17.2 Å². The predicted octanol–water partition coefficient (Wildman–Crippen LogP) is 3.87. The number of para-hydroxylation sites is 2. The topological polar surface area (TPSA) is 70.8 Å².